The van der Waals surface area contributed by atoms with Gasteiger partial charge in [0, 0.05) is 66.8 Å². The Morgan fingerprint density at radius 1 is 0.566 bits per heavy atom. The second kappa shape index (κ2) is 36.6. The minimum absolute atomic E-state index is 0.148. The maximum absolute atomic E-state index is 13.5. The van der Waals surface area contributed by atoms with Gasteiger partial charge in [-0.15, -0.1) is 0 Å². The Morgan fingerprint density at radius 3 is 1.75 bits per heavy atom. The number of carbonyl (C=O) groups excluding carboxylic acids is 1. The number of aliphatic hydroxyl groups is 17. The van der Waals surface area contributed by atoms with Crippen molar-refractivity contribution in [3.8, 4) is 0 Å². The van der Waals surface area contributed by atoms with Crippen molar-refractivity contribution in [2.75, 3.05) is 6.61 Å². The summed E-state index contributed by atoms with van der Waals surface area (Å²) in [5.41, 5.74) is 0.559. The predicted octanol–water partition coefficient (Wildman–Crippen LogP) is 0.840. The van der Waals surface area contributed by atoms with Crippen molar-refractivity contribution in [1.82, 2.24) is 0 Å². The van der Waals surface area contributed by atoms with Gasteiger partial charge in [-0.3, -0.25) is 0 Å². The smallest absolute Gasteiger partial charge is 0.333 e. The number of rotatable bonds is 5. The van der Waals surface area contributed by atoms with Crippen molar-refractivity contribution in [2.24, 2.45) is 41.4 Å². The lowest BCUT2D eigenvalue weighted by Gasteiger charge is -2.41. The van der Waals surface area contributed by atoms with Crippen LogP contribution in [-0.2, 0) is 23.7 Å². The summed E-state index contributed by atoms with van der Waals surface area (Å²) < 4.78 is 23.1. The van der Waals surface area contributed by atoms with Gasteiger partial charge in [-0.2, -0.15) is 0 Å². The van der Waals surface area contributed by atoms with Crippen molar-refractivity contribution in [3.05, 3.63) is 59.8 Å². The lowest BCUT2D eigenvalue weighted by Crippen LogP contribution is -2.60. The van der Waals surface area contributed by atoms with Gasteiger partial charge in [-0.25, -0.2) is 4.79 Å². The van der Waals surface area contributed by atoms with E-state index in [4.69, 9.17) is 18.9 Å². The summed E-state index contributed by atoms with van der Waals surface area (Å²) in [7, 11) is 0. The Hall–Kier alpha value is -2.63. The van der Waals surface area contributed by atoms with Gasteiger partial charge < -0.3 is 106 Å². The summed E-state index contributed by atoms with van der Waals surface area (Å²) >= 11 is 0. The molecule has 0 aromatic rings. The van der Waals surface area contributed by atoms with Crippen LogP contribution in [0.15, 0.2) is 59.8 Å². The monoisotopic (exact) mass is 1190 g/mol. The summed E-state index contributed by atoms with van der Waals surface area (Å²) in [5, 5.41) is 185. The van der Waals surface area contributed by atoms with Gasteiger partial charge in [0.1, 0.15) is 36.6 Å². The lowest BCUT2D eigenvalue weighted by molar-refractivity contribution is -0.313. The number of hydrogen-bond acceptors (Lipinski definition) is 22. The molecule has 2 fully saturated rings. The standard InChI is InChI=1S/C61H106O22/c1-31-14-10-11-18-45(68)36(6)55(74)32(2)15-12-16-34(4)60(79)81-49(39(9)50-22-23-53(72)80-50)19-13-17-40(63)25-41(64)27-46(69)37(7)56(75)38(8)47(70)28-42(65)26-43(66)29-48(71)51(24-35(5)54(73)33(3)20-21-44(31)67)82-61-59(78)58(77)57(76)52(30-62)83-61/h10,13-14,16-17,20-21,24,31-33,36-59,61-78H,11-12,15,18-19,22-23,25-30H2,1-9H3. The van der Waals surface area contributed by atoms with Crippen LogP contribution >= 0.6 is 0 Å². The average Bonchev–Trinajstić information content (AvgIpc) is 4.00. The Balaban J connectivity index is 1.88. The number of cyclic esters (lactones) is 1. The zero-order chi connectivity index (χ0) is 62.6. The molecule has 482 valence electrons. The molecule has 0 amide bonds. The fourth-order valence-electron chi connectivity index (χ4n) is 11.0. The van der Waals surface area contributed by atoms with E-state index in [0.717, 1.165) is 0 Å². The Bertz CT molecular complexity index is 2000. The van der Waals surface area contributed by atoms with Crippen LogP contribution in [0.1, 0.15) is 139 Å². The molecule has 0 radical (unpaired) electrons. The average molecular weight is 1190 g/mol. The summed E-state index contributed by atoms with van der Waals surface area (Å²) in [6, 6.07) is 0. The first-order chi connectivity index (χ1) is 38.9. The SMILES string of the molecule is CC1=CCCC(C)C(O)C(C)C(O)CCC=CC(C)C(O)C=CC(C)C(O)C(C)=CC(OC2OC(CO)C(O)C(O)C2O)C(O)CC(O)CC(O)CC(O)C(C)C(O)C(C)C(O)CC(O)CC(O)C=CCC(C(C)C2CCC(O)O2)OC1=O. The highest BCUT2D eigenvalue weighted by Gasteiger charge is 2.46. The molecule has 28 atom stereocenters. The highest BCUT2D eigenvalue weighted by atomic mass is 16.7. The fraction of sp³-hybridized carbons (Fsp3) is 0.820. The Morgan fingerprint density at radius 2 is 1.16 bits per heavy atom. The zero-order valence-electron chi connectivity index (χ0n) is 50.1. The van der Waals surface area contributed by atoms with Crippen molar-refractivity contribution >= 4 is 5.97 Å². The van der Waals surface area contributed by atoms with Crippen LogP contribution in [0, 0.1) is 41.4 Å². The minimum atomic E-state index is -1.88. The quantitative estimate of drug-likeness (QED) is 0.134. The summed E-state index contributed by atoms with van der Waals surface area (Å²) in [6.45, 7) is 14.3. The van der Waals surface area contributed by atoms with Crippen LogP contribution in [0.2, 0.25) is 0 Å². The van der Waals surface area contributed by atoms with E-state index in [1.54, 1.807) is 52.0 Å². The summed E-state index contributed by atoms with van der Waals surface area (Å²) in [6.07, 6.45) is -13.3. The third-order valence-corrected chi connectivity index (χ3v) is 17.3. The number of esters is 1. The molecule has 0 bridgehead atoms. The molecule has 83 heavy (non-hydrogen) atoms. The van der Waals surface area contributed by atoms with E-state index in [2.05, 4.69) is 0 Å². The Kier molecular flexibility index (Phi) is 32.9. The van der Waals surface area contributed by atoms with Crippen LogP contribution in [0.25, 0.3) is 0 Å². The molecule has 0 aromatic carbocycles. The first kappa shape index (κ1) is 74.6. The molecule has 22 nitrogen and oxygen atoms in total. The third-order valence-electron chi connectivity index (χ3n) is 17.3. The number of hydrogen-bond donors (Lipinski definition) is 17. The molecule has 3 heterocycles. The van der Waals surface area contributed by atoms with Gasteiger partial charge in [0.2, 0.25) is 0 Å². The normalized spacial score (nSPS) is 44.1. The van der Waals surface area contributed by atoms with E-state index in [0.29, 0.717) is 44.1 Å². The third kappa shape index (κ3) is 24.1. The zero-order valence-corrected chi connectivity index (χ0v) is 50.1. The molecular weight excluding hydrogens is 1080 g/mol. The fourth-order valence-corrected chi connectivity index (χ4v) is 11.0. The molecule has 22 heteroatoms. The Labute approximate surface area is 490 Å². The maximum atomic E-state index is 13.5. The van der Waals surface area contributed by atoms with Crippen LogP contribution in [0.5, 0.6) is 0 Å². The molecule has 0 aliphatic carbocycles. The van der Waals surface area contributed by atoms with Crippen LogP contribution < -0.4 is 0 Å². The van der Waals surface area contributed by atoms with Crippen molar-refractivity contribution in [1.29, 1.82) is 0 Å². The first-order valence-corrected chi connectivity index (χ1v) is 29.9. The predicted molar refractivity (Wildman–Crippen MR) is 306 cm³/mol. The molecule has 3 aliphatic heterocycles. The van der Waals surface area contributed by atoms with E-state index in [-0.39, 0.29) is 43.1 Å². The van der Waals surface area contributed by atoms with Gasteiger partial charge in [-0.1, -0.05) is 97.1 Å². The number of aliphatic hydroxyl groups excluding tert-OH is 17. The van der Waals surface area contributed by atoms with Gasteiger partial charge in [0.25, 0.3) is 0 Å². The van der Waals surface area contributed by atoms with Gasteiger partial charge in [-0.05, 0) is 76.7 Å². The van der Waals surface area contributed by atoms with E-state index >= 15 is 0 Å². The van der Waals surface area contributed by atoms with Gasteiger partial charge >= 0.3 is 5.97 Å². The topological polar surface area (TPSA) is 398 Å². The highest BCUT2D eigenvalue weighted by Crippen LogP contribution is 2.32. The second-order valence-electron chi connectivity index (χ2n) is 24.4. The van der Waals surface area contributed by atoms with Crippen molar-refractivity contribution in [3.63, 3.8) is 0 Å². The van der Waals surface area contributed by atoms with Crippen LogP contribution in [0.3, 0.4) is 0 Å². The van der Waals surface area contributed by atoms with Gasteiger partial charge in [0.05, 0.1) is 86.0 Å². The highest BCUT2D eigenvalue weighted by molar-refractivity contribution is 5.87. The lowest BCUT2D eigenvalue weighted by atomic mass is 9.82. The molecule has 28 unspecified atom stereocenters. The molecule has 17 N–H and O–H groups in total. The van der Waals surface area contributed by atoms with Gasteiger partial charge in [0.15, 0.2) is 12.6 Å². The number of allylic oxidation sites excluding steroid dienone is 2. The first-order valence-electron chi connectivity index (χ1n) is 29.9. The van der Waals surface area contributed by atoms with Crippen molar-refractivity contribution < 1.29 is 111 Å². The van der Waals surface area contributed by atoms with Crippen LogP contribution in [0.4, 0.5) is 0 Å². The van der Waals surface area contributed by atoms with E-state index in [1.807, 2.05) is 19.9 Å². The van der Waals surface area contributed by atoms with E-state index in [1.165, 1.54) is 39.0 Å². The van der Waals surface area contributed by atoms with Crippen molar-refractivity contribution in [2.45, 2.75) is 268 Å². The largest absolute Gasteiger partial charge is 0.458 e. The second-order valence-corrected chi connectivity index (χ2v) is 24.4. The number of carbonyl (C=O) groups is 1. The summed E-state index contributed by atoms with van der Waals surface area (Å²) in [4.78, 5) is 13.5. The minimum Gasteiger partial charge on any atom is -0.458 e. The molecule has 0 saturated carbocycles. The molecule has 3 rings (SSSR count). The molecule has 3 aliphatic rings. The molecular formula is C61H106O22. The summed E-state index contributed by atoms with van der Waals surface area (Å²) in [5.74, 6) is -4.60. The molecule has 0 aromatic heterocycles. The molecule has 2 saturated heterocycles. The number of ether oxygens (including phenoxy) is 4. The maximum Gasteiger partial charge on any atom is 0.333 e. The molecule has 0 spiro atoms. The van der Waals surface area contributed by atoms with E-state index < -0.39 is 184 Å². The van der Waals surface area contributed by atoms with E-state index in [9.17, 15) is 91.6 Å². The van der Waals surface area contributed by atoms with Crippen LogP contribution in [-0.4, -0.2) is 228 Å².